The molecule has 158 valence electrons. The van der Waals surface area contributed by atoms with Crippen LogP contribution in [0.5, 0.6) is 11.5 Å². The highest BCUT2D eigenvalue weighted by Gasteiger charge is 2.33. The highest BCUT2D eigenvalue weighted by molar-refractivity contribution is 5.95. The molecule has 0 spiro atoms. The Morgan fingerprint density at radius 1 is 0.806 bits per heavy atom. The third kappa shape index (κ3) is 3.86. The lowest BCUT2D eigenvalue weighted by atomic mass is 10.1. The normalized spacial score (nSPS) is 18.0. The molecule has 1 fully saturated rings. The van der Waals surface area contributed by atoms with Crippen LogP contribution in [0.25, 0.3) is 5.69 Å². The Bertz CT molecular complexity index is 1090. The number of para-hydroxylation sites is 2. The summed E-state index contributed by atoms with van der Waals surface area (Å²) in [5.74, 6) is 1.12. The van der Waals surface area contributed by atoms with Crippen LogP contribution in [-0.2, 0) is 4.79 Å². The molecule has 7 heteroatoms. The second kappa shape index (κ2) is 8.18. The van der Waals surface area contributed by atoms with E-state index in [2.05, 4.69) is 0 Å². The van der Waals surface area contributed by atoms with E-state index in [1.807, 2.05) is 71.6 Å². The molecule has 3 heterocycles. The summed E-state index contributed by atoms with van der Waals surface area (Å²) in [6.07, 6.45) is 3.24. The van der Waals surface area contributed by atoms with Gasteiger partial charge in [0.2, 0.25) is 6.10 Å². The van der Waals surface area contributed by atoms with Gasteiger partial charge in [-0.2, -0.15) is 0 Å². The second-order valence-electron chi connectivity index (χ2n) is 7.62. The van der Waals surface area contributed by atoms with Gasteiger partial charge in [0.25, 0.3) is 11.8 Å². The topological polar surface area (TPSA) is 64.0 Å². The minimum atomic E-state index is -0.657. The summed E-state index contributed by atoms with van der Waals surface area (Å²) in [6, 6.07) is 18.8. The fourth-order valence-corrected chi connectivity index (χ4v) is 3.96. The van der Waals surface area contributed by atoms with Crippen molar-refractivity contribution in [2.45, 2.75) is 6.10 Å². The van der Waals surface area contributed by atoms with E-state index in [-0.39, 0.29) is 18.4 Å². The highest BCUT2D eigenvalue weighted by Crippen LogP contribution is 2.31. The fourth-order valence-electron chi connectivity index (χ4n) is 3.96. The summed E-state index contributed by atoms with van der Waals surface area (Å²) in [6.45, 7) is 2.12. The Balaban J connectivity index is 1.20. The third-order valence-corrected chi connectivity index (χ3v) is 5.66. The third-order valence-electron chi connectivity index (χ3n) is 5.66. The number of carbonyl (C=O) groups is 2. The van der Waals surface area contributed by atoms with Gasteiger partial charge in [0.1, 0.15) is 6.61 Å². The number of nitrogens with zero attached hydrogens (tertiary/aromatic N) is 3. The van der Waals surface area contributed by atoms with Crippen molar-refractivity contribution in [3.8, 4) is 17.2 Å². The number of hydrogen-bond donors (Lipinski definition) is 0. The first-order valence-corrected chi connectivity index (χ1v) is 10.4. The van der Waals surface area contributed by atoms with Crippen LogP contribution in [0.15, 0.2) is 73.1 Å². The van der Waals surface area contributed by atoms with Crippen LogP contribution in [0.4, 0.5) is 0 Å². The van der Waals surface area contributed by atoms with Crippen LogP contribution in [0.3, 0.4) is 0 Å². The average Bonchev–Trinajstić information content (AvgIpc) is 3.38. The van der Waals surface area contributed by atoms with Gasteiger partial charge in [0.05, 0.1) is 0 Å². The van der Waals surface area contributed by atoms with E-state index in [9.17, 15) is 9.59 Å². The number of benzene rings is 2. The summed E-state index contributed by atoms with van der Waals surface area (Å²) in [7, 11) is 0. The van der Waals surface area contributed by atoms with E-state index in [0.717, 1.165) is 5.69 Å². The molecule has 1 aromatic heterocycles. The molecule has 31 heavy (non-hydrogen) atoms. The van der Waals surface area contributed by atoms with Gasteiger partial charge in [0, 0.05) is 49.8 Å². The molecule has 2 aliphatic rings. The number of piperazine rings is 1. The van der Waals surface area contributed by atoms with Crippen molar-refractivity contribution in [1.29, 1.82) is 0 Å². The van der Waals surface area contributed by atoms with Crippen LogP contribution in [0.2, 0.25) is 0 Å². The monoisotopic (exact) mass is 417 g/mol. The first-order valence-electron chi connectivity index (χ1n) is 10.4. The lowest BCUT2D eigenvalue weighted by molar-refractivity contribution is -0.142. The highest BCUT2D eigenvalue weighted by atomic mass is 16.6. The maximum atomic E-state index is 13.0. The Labute approximate surface area is 180 Å². The van der Waals surface area contributed by atoms with Gasteiger partial charge in [-0.1, -0.05) is 18.2 Å². The maximum absolute atomic E-state index is 13.0. The van der Waals surface area contributed by atoms with Crippen LogP contribution >= 0.6 is 0 Å². The zero-order chi connectivity index (χ0) is 21.2. The summed E-state index contributed by atoms with van der Waals surface area (Å²) in [5, 5.41) is 0. The molecule has 1 atom stereocenters. The molecule has 7 nitrogen and oxygen atoms in total. The smallest absolute Gasteiger partial charge is 0.267 e. The molecule has 5 rings (SSSR count). The van der Waals surface area contributed by atoms with Crippen LogP contribution in [0, 0.1) is 0 Å². The molecular formula is C24H23N3O4. The molecule has 0 N–H and O–H groups in total. The lowest BCUT2D eigenvalue weighted by Crippen LogP contribution is -2.55. The van der Waals surface area contributed by atoms with E-state index in [1.54, 1.807) is 15.9 Å². The number of aromatic nitrogens is 1. The number of carbonyl (C=O) groups excluding carboxylic acids is 2. The first kappa shape index (κ1) is 19.2. The molecule has 0 aliphatic carbocycles. The molecule has 3 aromatic rings. The molecular weight excluding hydrogens is 394 g/mol. The second-order valence-corrected chi connectivity index (χ2v) is 7.62. The Morgan fingerprint density at radius 3 is 2.29 bits per heavy atom. The van der Waals surface area contributed by atoms with E-state index >= 15 is 0 Å². The van der Waals surface area contributed by atoms with Crippen molar-refractivity contribution < 1.29 is 19.1 Å². The summed E-state index contributed by atoms with van der Waals surface area (Å²) in [5.41, 5.74) is 1.59. The van der Waals surface area contributed by atoms with Gasteiger partial charge < -0.3 is 23.8 Å². The Hall–Kier alpha value is -3.74. The minimum Gasteiger partial charge on any atom is -0.485 e. The number of hydrogen-bond acceptors (Lipinski definition) is 4. The Kier molecular flexibility index (Phi) is 5.08. The van der Waals surface area contributed by atoms with Gasteiger partial charge in [-0.05, 0) is 42.5 Å². The van der Waals surface area contributed by atoms with Crippen molar-refractivity contribution in [2.24, 2.45) is 0 Å². The zero-order valence-corrected chi connectivity index (χ0v) is 17.0. The van der Waals surface area contributed by atoms with Crippen LogP contribution < -0.4 is 9.47 Å². The fraction of sp³-hybridized carbons (Fsp3) is 0.250. The van der Waals surface area contributed by atoms with E-state index in [4.69, 9.17) is 9.47 Å². The van der Waals surface area contributed by atoms with Crippen LogP contribution in [0.1, 0.15) is 10.4 Å². The van der Waals surface area contributed by atoms with Gasteiger partial charge in [-0.15, -0.1) is 0 Å². The standard InChI is InChI=1S/C24H23N3O4/c28-23(18-6-5-7-19(16-18)25-10-3-4-11-25)26-12-14-27(15-13-26)24(29)22-17-30-20-8-1-2-9-21(20)31-22/h1-11,16,22H,12-15,17H2/t22-/m1/s1. The van der Waals surface area contributed by atoms with Gasteiger partial charge in [-0.3, -0.25) is 9.59 Å². The molecule has 2 aliphatic heterocycles. The molecule has 0 saturated carbocycles. The van der Waals surface area contributed by atoms with Crippen molar-refractivity contribution in [3.05, 3.63) is 78.6 Å². The number of amides is 2. The molecule has 2 aromatic carbocycles. The van der Waals surface area contributed by atoms with Crippen molar-refractivity contribution in [1.82, 2.24) is 14.4 Å². The van der Waals surface area contributed by atoms with E-state index in [0.29, 0.717) is 43.2 Å². The Morgan fingerprint density at radius 2 is 1.52 bits per heavy atom. The largest absolute Gasteiger partial charge is 0.485 e. The summed E-state index contributed by atoms with van der Waals surface area (Å²) < 4.78 is 13.5. The summed E-state index contributed by atoms with van der Waals surface area (Å²) in [4.78, 5) is 29.5. The molecule has 0 radical (unpaired) electrons. The average molecular weight is 417 g/mol. The van der Waals surface area contributed by atoms with Crippen LogP contribution in [-0.4, -0.2) is 65.1 Å². The molecule has 2 amide bonds. The van der Waals surface area contributed by atoms with Gasteiger partial charge in [-0.25, -0.2) is 0 Å². The molecule has 0 unspecified atom stereocenters. The minimum absolute atomic E-state index is 0.0210. The predicted molar refractivity (Wildman–Crippen MR) is 115 cm³/mol. The number of ether oxygens (including phenoxy) is 2. The van der Waals surface area contributed by atoms with E-state index < -0.39 is 6.10 Å². The van der Waals surface area contributed by atoms with Crippen molar-refractivity contribution in [2.75, 3.05) is 32.8 Å². The first-order chi connectivity index (χ1) is 15.2. The predicted octanol–water partition coefficient (Wildman–Crippen LogP) is 2.60. The van der Waals surface area contributed by atoms with Crippen molar-refractivity contribution >= 4 is 11.8 Å². The lowest BCUT2D eigenvalue weighted by Gasteiger charge is -2.37. The molecule has 0 bridgehead atoms. The van der Waals surface area contributed by atoms with Gasteiger partial charge >= 0.3 is 0 Å². The number of rotatable bonds is 3. The maximum Gasteiger partial charge on any atom is 0.267 e. The zero-order valence-electron chi connectivity index (χ0n) is 17.0. The number of fused-ring (bicyclic) bond motifs is 1. The quantitative estimate of drug-likeness (QED) is 0.657. The SMILES string of the molecule is O=C(c1cccc(-n2cccc2)c1)N1CCN(C(=O)[C@H]2COc3ccccc3O2)CC1. The van der Waals surface area contributed by atoms with Crippen molar-refractivity contribution in [3.63, 3.8) is 0 Å². The van der Waals surface area contributed by atoms with E-state index in [1.165, 1.54) is 0 Å². The summed E-state index contributed by atoms with van der Waals surface area (Å²) >= 11 is 0. The molecule has 1 saturated heterocycles. The van der Waals surface area contributed by atoms with Gasteiger partial charge in [0.15, 0.2) is 11.5 Å².